The van der Waals surface area contributed by atoms with E-state index < -0.39 is 0 Å². The summed E-state index contributed by atoms with van der Waals surface area (Å²) in [6, 6.07) is 10.2. The fourth-order valence-electron chi connectivity index (χ4n) is 2.19. The van der Waals surface area contributed by atoms with Crippen molar-refractivity contribution in [2.45, 2.75) is 13.8 Å². The molecule has 0 saturated heterocycles. The van der Waals surface area contributed by atoms with Gasteiger partial charge >= 0.3 is 0 Å². The van der Waals surface area contributed by atoms with Gasteiger partial charge in [-0.3, -0.25) is 5.41 Å². The molecule has 0 spiro atoms. The average Bonchev–Trinajstić information content (AvgIpc) is 2.37. The fourth-order valence-corrected chi connectivity index (χ4v) is 2.19. The number of hydrogen-bond donors (Lipinski definition) is 2. The van der Waals surface area contributed by atoms with Crippen LogP contribution >= 0.6 is 0 Å². The number of amidine groups is 1. The second-order valence-corrected chi connectivity index (χ2v) is 5.06. The van der Waals surface area contributed by atoms with Gasteiger partial charge < -0.3 is 10.6 Å². The molecular formula is C15H20N4. The Morgan fingerprint density at radius 3 is 2.79 bits per heavy atom. The Morgan fingerprint density at radius 2 is 2.11 bits per heavy atom. The molecule has 0 fully saturated rings. The molecule has 0 aliphatic carbocycles. The normalized spacial score (nSPS) is 12.4. The zero-order valence-corrected chi connectivity index (χ0v) is 11.6. The molecule has 0 bridgehead atoms. The van der Waals surface area contributed by atoms with E-state index in [0.717, 1.165) is 22.3 Å². The van der Waals surface area contributed by atoms with Crippen molar-refractivity contribution in [3.05, 3.63) is 35.9 Å². The van der Waals surface area contributed by atoms with Gasteiger partial charge in [0, 0.05) is 24.9 Å². The van der Waals surface area contributed by atoms with E-state index in [1.54, 1.807) is 0 Å². The van der Waals surface area contributed by atoms with Gasteiger partial charge in [0.05, 0.1) is 11.4 Å². The van der Waals surface area contributed by atoms with Gasteiger partial charge in [-0.1, -0.05) is 25.1 Å². The van der Waals surface area contributed by atoms with Gasteiger partial charge in [0.2, 0.25) is 0 Å². The van der Waals surface area contributed by atoms with Crippen LogP contribution in [0.25, 0.3) is 10.9 Å². The third-order valence-corrected chi connectivity index (χ3v) is 3.33. The quantitative estimate of drug-likeness (QED) is 0.652. The summed E-state index contributed by atoms with van der Waals surface area (Å²) in [6.45, 7) is 4.71. The molecule has 100 valence electrons. The van der Waals surface area contributed by atoms with Crippen molar-refractivity contribution in [1.29, 1.82) is 5.41 Å². The molecule has 1 heterocycles. The lowest BCUT2D eigenvalue weighted by molar-refractivity contribution is 0.722. The Bertz CT molecular complexity index is 606. The first-order chi connectivity index (χ1) is 8.99. The van der Waals surface area contributed by atoms with Gasteiger partial charge in [0.25, 0.3) is 0 Å². The summed E-state index contributed by atoms with van der Waals surface area (Å²) in [5.74, 6) is 1.19. The summed E-state index contributed by atoms with van der Waals surface area (Å²) in [7, 11) is 1.99. The Balaban J connectivity index is 2.33. The number of para-hydroxylation sites is 1. The van der Waals surface area contributed by atoms with Crippen LogP contribution in [-0.4, -0.2) is 24.4 Å². The second-order valence-electron chi connectivity index (χ2n) is 5.06. The van der Waals surface area contributed by atoms with Crippen LogP contribution in [-0.2, 0) is 0 Å². The van der Waals surface area contributed by atoms with Crippen molar-refractivity contribution < 1.29 is 0 Å². The lowest BCUT2D eigenvalue weighted by atomic mass is 10.1. The van der Waals surface area contributed by atoms with Crippen LogP contribution in [0.2, 0.25) is 0 Å². The fraction of sp³-hybridized carbons (Fsp3) is 0.333. The van der Waals surface area contributed by atoms with Crippen LogP contribution in [0.15, 0.2) is 30.3 Å². The number of aromatic nitrogens is 1. The lowest BCUT2D eigenvalue weighted by Crippen LogP contribution is -2.32. The summed E-state index contributed by atoms with van der Waals surface area (Å²) < 4.78 is 0. The number of benzene rings is 1. The van der Waals surface area contributed by atoms with E-state index in [1.165, 1.54) is 0 Å². The van der Waals surface area contributed by atoms with E-state index in [-0.39, 0.29) is 11.8 Å². The van der Waals surface area contributed by atoms with E-state index in [9.17, 15) is 0 Å². The minimum Gasteiger partial charge on any atom is -0.387 e. The molecule has 4 heteroatoms. The van der Waals surface area contributed by atoms with Crippen LogP contribution in [0.1, 0.15) is 12.5 Å². The summed E-state index contributed by atoms with van der Waals surface area (Å²) >= 11 is 0. The molecule has 0 radical (unpaired) electrons. The van der Waals surface area contributed by atoms with Gasteiger partial charge in [-0.15, -0.1) is 0 Å². The highest BCUT2D eigenvalue weighted by atomic mass is 15.2. The van der Waals surface area contributed by atoms with Gasteiger partial charge in [-0.25, -0.2) is 4.98 Å². The molecule has 0 aliphatic heterocycles. The number of fused-ring (bicyclic) bond motifs is 1. The standard InChI is InChI=1S/C15H20N4/c1-10-8-12-6-4-5-7-13(12)18-15(10)19(3)9-11(2)14(16)17/h4-8,11H,9H2,1-3H3,(H3,16,17). The monoisotopic (exact) mass is 256 g/mol. The number of rotatable bonds is 4. The van der Waals surface area contributed by atoms with E-state index >= 15 is 0 Å². The zero-order valence-electron chi connectivity index (χ0n) is 11.6. The van der Waals surface area contributed by atoms with Crippen LogP contribution in [0.4, 0.5) is 5.82 Å². The molecule has 1 unspecified atom stereocenters. The number of pyridine rings is 1. The third-order valence-electron chi connectivity index (χ3n) is 3.33. The van der Waals surface area contributed by atoms with E-state index in [2.05, 4.69) is 24.0 Å². The third kappa shape index (κ3) is 2.84. The maximum absolute atomic E-state index is 7.47. The SMILES string of the molecule is Cc1cc2ccccc2nc1N(C)CC(C)C(=N)N. The highest BCUT2D eigenvalue weighted by molar-refractivity contribution is 5.82. The molecule has 1 aromatic heterocycles. The number of anilines is 1. The number of nitrogens with zero attached hydrogens (tertiary/aromatic N) is 2. The molecule has 19 heavy (non-hydrogen) atoms. The maximum Gasteiger partial charge on any atom is 0.131 e. The van der Waals surface area contributed by atoms with Crippen LogP contribution in [0, 0.1) is 18.3 Å². The number of nitrogens with one attached hydrogen (secondary N) is 1. The van der Waals surface area contributed by atoms with Crippen LogP contribution in [0.5, 0.6) is 0 Å². The van der Waals surface area contributed by atoms with Crippen LogP contribution in [0.3, 0.4) is 0 Å². The summed E-state index contributed by atoms with van der Waals surface area (Å²) in [4.78, 5) is 6.77. The Hall–Kier alpha value is -2.10. The Labute approximate surface area is 113 Å². The molecule has 4 nitrogen and oxygen atoms in total. The van der Waals surface area contributed by atoms with Crippen LogP contribution < -0.4 is 10.6 Å². The number of aryl methyl sites for hydroxylation is 1. The van der Waals surface area contributed by atoms with Gasteiger partial charge in [-0.05, 0) is 24.6 Å². The van der Waals surface area contributed by atoms with Crippen molar-refractivity contribution in [2.75, 3.05) is 18.5 Å². The molecule has 0 aliphatic rings. The first-order valence-electron chi connectivity index (χ1n) is 6.40. The van der Waals surface area contributed by atoms with E-state index in [4.69, 9.17) is 16.1 Å². The zero-order chi connectivity index (χ0) is 14.0. The van der Waals surface area contributed by atoms with Crippen molar-refractivity contribution in [1.82, 2.24) is 4.98 Å². The molecule has 2 aromatic rings. The molecule has 2 rings (SSSR count). The summed E-state index contributed by atoms with van der Waals surface area (Å²) in [5, 5.41) is 8.62. The van der Waals surface area contributed by atoms with Gasteiger partial charge in [0.1, 0.15) is 5.82 Å². The smallest absolute Gasteiger partial charge is 0.131 e. The van der Waals surface area contributed by atoms with Crippen molar-refractivity contribution in [3.63, 3.8) is 0 Å². The highest BCUT2D eigenvalue weighted by Crippen LogP contribution is 2.22. The minimum absolute atomic E-state index is 0.0256. The molecule has 3 N–H and O–H groups in total. The first kappa shape index (κ1) is 13.3. The van der Waals surface area contributed by atoms with Crippen molar-refractivity contribution in [2.24, 2.45) is 11.7 Å². The average molecular weight is 256 g/mol. The highest BCUT2D eigenvalue weighted by Gasteiger charge is 2.13. The van der Waals surface area contributed by atoms with E-state index in [0.29, 0.717) is 6.54 Å². The topological polar surface area (TPSA) is 66.0 Å². The van der Waals surface area contributed by atoms with Gasteiger partial charge in [-0.2, -0.15) is 0 Å². The molecule has 0 amide bonds. The molecule has 1 aromatic carbocycles. The summed E-state index contributed by atoms with van der Waals surface area (Å²) in [5.41, 5.74) is 7.65. The predicted molar refractivity (Wildman–Crippen MR) is 80.8 cm³/mol. The minimum atomic E-state index is 0.0256. The Morgan fingerprint density at radius 1 is 1.42 bits per heavy atom. The van der Waals surface area contributed by atoms with Gasteiger partial charge in [0.15, 0.2) is 0 Å². The van der Waals surface area contributed by atoms with E-state index in [1.807, 2.05) is 32.2 Å². The van der Waals surface area contributed by atoms with Crippen molar-refractivity contribution in [3.8, 4) is 0 Å². The predicted octanol–water partition coefficient (Wildman–Crippen LogP) is 2.55. The van der Waals surface area contributed by atoms with Crippen molar-refractivity contribution >= 4 is 22.6 Å². The maximum atomic E-state index is 7.47. The molecular weight excluding hydrogens is 236 g/mol. The molecule has 0 saturated carbocycles. The number of nitrogens with two attached hydrogens (primary N) is 1. The number of hydrogen-bond acceptors (Lipinski definition) is 3. The molecule has 1 atom stereocenters. The second kappa shape index (κ2) is 5.26. The Kier molecular flexibility index (Phi) is 3.69. The summed E-state index contributed by atoms with van der Waals surface area (Å²) in [6.07, 6.45) is 0. The largest absolute Gasteiger partial charge is 0.387 e. The first-order valence-corrected chi connectivity index (χ1v) is 6.40. The lowest BCUT2D eigenvalue weighted by Gasteiger charge is -2.23.